The molecule has 0 aliphatic carbocycles. The molecule has 2 aliphatic rings. The molecule has 2 aliphatic heterocycles. The highest BCUT2D eigenvalue weighted by molar-refractivity contribution is 7.08. The Labute approximate surface area is 142 Å². The van der Waals surface area contributed by atoms with Gasteiger partial charge in [0.15, 0.2) is 0 Å². The van der Waals surface area contributed by atoms with E-state index in [0.29, 0.717) is 18.6 Å². The maximum Gasteiger partial charge on any atom is 0.254 e. The Morgan fingerprint density at radius 1 is 1.26 bits per heavy atom. The van der Waals surface area contributed by atoms with E-state index in [-0.39, 0.29) is 5.91 Å². The third-order valence-electron chi connectivity index (χ3n) is 5.04. The second-order valence-corrected chi connectivity index (χ2v) is 7.19. The van der Waals surface area contributed by atoms with Crippen LogP contribution in [0.1, 0.15) is 36.0 Å². The van der Waals surface area contributed by atoms with Crippen molar-refractivity contribution < 1.29 is 9.53 Å². The predicted octanol–water partition coefficient (Wildman–Crippen LogP) is 1.79. The SMILES string of the molecule is NCCN(C1CCOCC1)C1CCN(C(=O)c2ccsc2)CC1. The first-order valence-electron chi connectivity index (χ1n) is 8.64. The van der Waals surface area contributed by atoms with E-state index in [1.807, 2.05) is 21.7 Å². The Bertz CT molecular complexity index is 480. The minimum Gasteiger partial charge on any atom is -0.381 e. The van der Waals surface area contributed by atoms with Gasteiger partial charge in [0.2, 0.25) is 0 Å². The van der Waals surface area contributed by atoms with Crippen LogP contribution in [0.15, 0.2) is 16.8 Å². The summed E-state index contributed by atoms with van der Waals surface area (Å²) in [5.74, 6) is 0.182. The number of nitrogens with two attached hydrogens (primary N) is 1. The second kappa shape index (κ2) is 8.24. The van der Waals surface area contributed by atoms with E-state index in [4.69, 9.17) is 10.5 Å². The van der Waals surface area contributed by atoms with Gasteiger partial charge in [-0.15, -0.1) is 0 Å². The zero-order valence-electron chi connectivity index (χ0n) is 13.7. The number of rotatable bonds is 5. The van der Waals surface area contributed by atoms with Crippen LogP contribution >= 0.6 is 11.3 Å². The molecule has 0 radical (unpaired) electrons. The van der Waals surface area contributed by atoms with Crippen molar-refractivity contribution in [1.82, 2.24) is 9.80 Å². The number of amides is 1. The highest BCUT2D eigenvalue weighted by atomic mass is 32.1. The maximum absolute atomic E-state index is 12.4. The molecule has 3 rings (SSSR count). The molecule has 0 unspecified atom stereocenters. The van der Waals surface area contributed by atoms with E-state index in [0.717, 1.165) is 64.1 Å². The van der Waals surface area contributed by atoms with Gasteiger partial charge in [0.05, 0.1) is 5.56 Å². The molecular formula is C17H27N3O2S. The minimum atomic E-state index is 0.182. The third-order valence-corrected chi connectivity index (χ3v) is 5.72. The average molecular weight is 337 g/mol. The number of carbonyl (C=O) groups excluding carboxylic acids is 1. The Balaban J connectivity index is 1.56. The monoisotopic (exact) mass is 337 g/mol. The lowest BCUT2D eigenvalue weighted by molar-refractivity contribution is 0.00417. The van der Waals surface area contributed by atoms with Gasteiger partial charge >= 0.3 is 0 Å². The summed E-state index contributed by atoms with van der Waals surface area (Å²) in [7, 11) is 0. The molecule has 1 amide bonds. The molecule has 23 heavy (non-hydrogen) atoms. The van der Waals surface area contributed by atoms with Gasteiger partial charge in [-0.1, -0.05) is 0 Å². The first-order valence-corrected chi connectivity index (χ1v) is 9.59. The van der Waals surface area contributed by atoms with Crippen LogP contribution in [0.5, 0.6) is 0 Å². The summed E-state index contributed by atoms with van der Waals surface area (Å²) in [5.41, 5.74) is 6.68. The topological polar surface area (TPSA) is 58.8 Å². The summed E-state index contributed by atoms with van der Waals surface area (Å²) in [5, 5.41) is 3.91. The van der Waals surface area contributed by atoms with Gasteiger partial charge in [0, 0.05) is 56.9 Å². The summed E-state index contributed by atoms with van der Waals surface area (Å²) in [4.78, 5) is 17.0. The zero-order valence-corrected chi connectivity index (χ0v) is 14.5. The maximum atomic E-state index is 12.4. The first kappa shape index (κ1) is 16.9. The van der Waals surface area contributed by atoms with E-state index in [1.54, 1.807) is 11.3 Å². The van der Waals surface area contributed by atoms with Crippen LogP contribution in [0.25, 0.3) is 0 Å². The molecule has 5 nitrogen and oxygen atoms in total. The molecular weight excluding hydrogens is 310 g/mol. The third kappa shape index (κ3) is 4.12. The normalized spacial score (nSPS) is 21.0. The van der Waals surface area contributed by atoms with Crippen LogP contribution in [-0.4, -0.2) is 67.2 Å². The number of hydrogen-bond donors (Lipinski definition) is 1. The van der Waals surface area contributed by atoms with Crippen molar-refractivity contribution in [3.05, 3.63) is 22.4 Å². The molecule has 0 aromatic carbocycles. The van der Waals surface area contributed by atoms with Gasteiger partial charge in [-0.25, -0.2) is 0 Å². The van der Waals surface area contributed by atoms with Crippen molar-refractivity contribution in [1.29, 1.82) is 0 Å². The summed E-state index contributed by atoms with van der Waals surface area (Å²) >= 11 is 1.58. The van der Waals surface area contributed by atoms with Crippen molar-refractivity contribution in [2.45, 2.75) is 37.8 Å². The summed E-state index contributed by atoms with van der Waals surface area (Å²) in [6, 6.07) is 3.06. The Morgan fingerprint density at radius 3 is 2.57 bits per heavy atom. The van der Waals surface area contributed by atoms with E-state index < -0.39 is 0 Å². The van der Waals surface area contributed by atoms with Gasteiger partial charge in [0.25, 0.3) is 5.91 Å². The van der Waals surface area contributed by atoms with Gasteiger partial charge in [-0.3, -0.25) is 9.69 Å². The standard InChI is InChI=1S/C17H27N3O2S/c18-6-9-20(16-3-10-22-11-4-16)15-1-7-19(8-2-15)17(21)14-5-12-23-13-14/h5,12-13,15-16H,1-4,6-11,18H2. The molecule has 1 aromatic heterocycles. The predicted molar refractivity (Wildman–Crippen MR) is 92.8 cm³/mol. The molecule has 128 valence electrons. The minimum absolute atomic E-state index is 0.182. The highest BCUT2D eigenvalue weighted by Crippen LogP contribution is 2.24. The van der Waals surface area contributed by atoms with Crippen LogP contribution in [0.3, 0.4) is 0 Å². The smallest absolute Gasteiger partial charge is 0.254 e. The van der Waals surface area contributed by atoms with Crippen LogP contribution in [0, 0.1) is 0 Å². The van der Waals surface area contributed by atoms with Gasteiger partial charge < -0.3 is 15.4 Å². The van der Waals surface area contributed by atoms with Crippen LogP contribution < -0.4 is 5.73 Å². The summed E-state index contributed by atoms with van der Waals surface area (Å²) in [6.45, 7) is 5.08. The number of carbonyl (C=O) groups is 1. The molecule has 2 N–H and O–H groups in total. The number of likely N-dealkylation sites (tertiary alicyclic amines) is 1. The fourth-order valence-electron chi connectivity index (χ4n) is 3.80. The summed E-state index contributed by atoms with van der Waals surface area (Å²) < 4.78 is 5.50. The average Bonchev–Trinajstić information content (AvgIpc) is 3.15. The van der Waals surface area contributed by atoms with Crippen molar-refractivity contribution in [3.8, 4) is 0 Å². The van der Waals surface area contributed by atoms with Crippen LogP contribution in [-0.2, 0) is 4.74 Å². The number of nitrogens with zero attached hydrogens (tertiary/aromatic N) is 2. The fourth-order valence-corrected chi connectivity index (χ4v) is 4.43. The second-order valence-electron chi connectivity index (χ2n) is 6.41. The van der Waals surface area contributed by atoms with E-state index >= 15 is 0 Å². The number of hydrogen-bond acceptors (Lipinski definition) is 5. The lowest BCUT2D eigenvalue weighted by Crippen LogP contribution is -2.52. The molecule has 0 bridgehead atoms. The molecule has 0 atom stereocenters. The van der Waals surface area contributed by atoms with E-state index in [9.17, 15) is 4.79 Å². The Morgan fingerprint density at radius 2 is 1.96 bits per heavy atom. The zero-order chi connectivity index (χ0) is 16.1. The lowest BCUT2D eigenvalue weighted by atomic mass is 9.97. The molecule has 1 aromatic rings. The van der Waals surface area contributed by atoms with Crippen molar-refractivity contribution in [2.24, 2.45) is 5.73 Å². The van der Waals surface area contributed by atoms with Crippen molar-refractivity contribution in [2.75, 3.05) is 39.4 Å². The molecule has 2 saturated heterocycles. The molecule has 0 spiro atoms. The quantitative estimate of drug-likeness (QED) is 0.890. The van der Waals surface area contributed by atoms with E-state index in [2.05, 4.69) is 4.90 Å². The lowest BCUT2D eigenvalue weighted by Gasteiger charge is -2.43. The highest BCUT2D eigenvalue weighted by Gasteiger charge is 2.31. The van der Waals surface area contributed by atoms with Gasteiger partial charge in [-0.05, 0) is 37.1 Å². The molecule has 6 heteroatoms. The van der Waals surface area contributed by atoms with Crippen molar-refractivity contribution in [3.63, 3.8) is 0 Å². The number of thiophene rings is 1. The number of piperidine rings is 1. The number of ether oxygens (including phenoxy) is 1. The van der Waals surface area contributed by atoms with Crippen LogP contribution in [0.2, 0.25) is 0 Å². The first-order chi connectivity index (χ1) is 11.3. The van der Waals surface area contributed by atoms with Gasteiger partial charge in [-0.2, -0.15) is 11.3 Å². The molecule has 3 heterocycles. The Kier molecular flexibility index (Phi) is 6.05. The van der Waals surface area contributed by atoms with Gasteiger partial charge in [0.1, 0.15) is 0 Å². The van der Waals surface area contributed by atoms with Crippen molar-refractivity contribution >= 4 is 17.2 Å². The molecule has 2 fully saturated rings. The van der Waals surface area contributed by atoms with Crippen LogP contribution in [0.4, 0.5) is 0 Å². The van der Waals surface area contributed by atoms with E-state index in [1.165, 1.54) is 0 Å². The largest absolute Gasteiger partial charge is 0.381 e. The Hall–Kier alpha value is -0.950. The molecule has 0 saturated carbocycles. The fraction of sp³-hybridized carbons (Fsp3) is 0.706. The summed E-state index contributed by atoms with van der Waals surface area (Å²) in [6.07, 6.45) is 4.31.